The maximum absolute atomic E-state index is 12.8. The summed E-state index contributed by atoms with van der Waals surface area (Å²) in [6, 6.07) is 4.80. The first-order valence-electron chi connectivity index (χ1n) is 7.69. The molecule has 0 fully saturated rings. The summed E-state index contributed by atoms with van der Waals surface area (Å²) < 4.78 is 42.9. The van der Waals surface area contributed by atoms with Crippen molar-refractivity contribution >= 4 is 22.9 Å². The molecule has 1 N–H and O–H groups in total. The number of nitrogens with zero attached hydrogens (tertiary/aromatic N) is 2. The van der Waals surface area contributed by atoms with Crippen LogP contribution in [-0.2, 0) is 12.6 Å². The molecular weight excluding hydrogens is 367 g/mol. The number of pyridine rings is 1. The molecule has 0 radical (unpaired) electrons. The van der Waals surface area contributed by atoms with Crippen molar-refractivity contribution in [2.45, 2.75) is 26.4 Å². The van der Waals surface area contributed by atoms with Gasteiger partial charge in [0.05, 0.1) is 9.75 Å². The highest BCUT2D eigenvalue weighted by atomic mass is 32.1. The second-order valence-corrected chi connectivity index (χ2v) is 6.57. The fraction of sp³-hybridized carbons (Fsp3) is 0.235. The first-order valence-corrected chi connectivity index (χ1v) is 8.50. The molecule has 0 saturated carbocycles. The summed E-state index contributed by atoms with van der Waals surface area (Å²) in [5.41, 5.74) is 1.52. The van der Waals surface area contributed by atoms with Crippen LogP contribution in [0.4, 0.5) is 18.9 Å². The molecule has 3 rings (SSSR count). The topological polar surface area (TPSA) is 68.0 Å². The zero-order chi connectivity index (χ0) is 18.9. The van der Waals surface area contributed by atoms with Gasteiger partial charge < -0.3 is 9.84 Å². The van der Waals surface area contributed by atoms with Gasteiger partial charge in [0.1, 0.15) is 5.69 Å². The van der Waals surface area contributed by atoms with Gasteiger partial charge in [-0.2, -0.15) is 13.2 Å². The number of rotatable bonds is 4. The number of thiophene rings is 1. The Hall–Kier alpha value is -2.68. The molecule has 1 amide bonds. The predicted octanol–water partition coefficient (Wildman–Crippen LogP) is 4.94. The number of carbonyl (C=O) groups excluding carboxylic acids is 1. The lowest BCUT2D eigenvalue weighted by molar-refractivity contribution is -0.156. The van der Waals surface area contributed by atoms with Gasteiger partial charge in [0.2, 0.25) is 5.76 Å². The van der Waals surface area contributed by atoms with E-state index in [-0.39, 0.29) is 17.2 Å². The SMILES string of the molecule is CCc1cnccc1NC(=O)c1ccc(-c2noc(C(F)(F)F)c2C)s1. The number of alkyl halides is 3. The third-order valence-corrected chi connectivity index (χ3v) is 4.87. The Balaban J connectivity index is 1.84. The van der Waals surface area contributed by atoms with Gasteiger partial charge in [-0.25, -0.2) is 0 Å². The first kappa shape index (κ1) is 18.1. The van der Waals surface area contributed by atoms with Crippen molar-refractivity contribution in [2.75, 3.05) is 5.32 Å². The average Bonchev–Trinajstić information content (AvgIpc) is 3.21. The summed E-state index contributed by atoms with van der Waals surface area (Å²) in [7, 11) is 0. The van der Waals surface area contributed by atoms with E-state index >= 15 is 0 Å². The fourth-order valence-corrected chi connectivity index (χ4v) is 3.37. The largest absolute Gasteiger partial charge is 0.452 e. The molecule has 3 aromatic heterocycles. The van der Waals surface area contributed by atoms with E-state index in [1.807, 2.05) is 6.92 Å². The molecule has 0 bridgehead atoms. The van der Waals surface area contributed by atoms with Crippen LogP contribution in [0.3, 0.4) is 0 Å². The highest BCUT2D eigenvalue weighted by Gasteiger charge is 2.39. The first-order chi connectivity index (χ1) is 12.3. The molecule has 3 aromatic rings. The second-order valence-electron chi connectivity index (χ2n) is 5.49. The molecule has 9 heteroatoms. The predicted molar refractivity (Wildman–Crippen MR) is 91.1 cm³/mol. The fourth-order valence-electron chi connectivity index (χ4n) is 2.43. The smallest absolute Gasteiger partial charge is 0.351 e. The van der Waals surface area contributed by atoms with Crippen molar-refractivity contribution in [3.8, 4) is 10.6 Å². The van der Waals surface area contributed by atoms with E-state index < -0.39 is 11.9 Å². The van der Waals surface area contributed by atoms with E-state index in [9.17, 15) is 18.0 Å². The number of carbonyl (C=O) groups is 1. The summed E-state index contributed by atoms with van der Waals surface area (Å²) in [6.07, 6.45) is -0.652. The summed E-state index contributed by atoms with van der Waals surface area (Å²) in [4.78, 5) is 17.2. The molecule has 0 saturated heterocycles. The van der Waals surface area contributed by atoms with Crippen LogP contribution in [0.25, 0.3) is 10.6 Å². The van der Waals surface area contributed by atoms with Crippen molar-refractivity contribution in [3.05, 3.63) is 52.4 Å². The molecule has 136 valence electrons. The molecule has 26 heavy (non-hydrogen) atoms. The number of hydrogen-bond donors (Lipinski definition) is 1. The van der Waals surface area contributed by atoms with Crippen molar-refractivity contribution in [2.24, 2.45) is 0 Å². The number of anilines is 1. The maximum Gasteiger partial charge on any atom is 0.452 e. The quantitative estimate of drug-likeness (QED) is 0.695. The molecule has 0 aromatic carbocycles. The lowest BCUT2D eigenvalue weighted by atomic mass is 10.2. The molecule has 0 unspecified atom stereocenters. The molecule has 0 atom stereocenters. The van der Waals surface area contributed by atoms with E-state index in [2.05, 4.69) is 20.0 Å². The summed E-state index contributed by atoms with van der Waals surface area (Å²) in [5.74, 6) is -1.48. The average molecular weight is 381 g/mol. The van der Waals surface area contributed by atoms with Crippen LogP contribution >= 0.6 is 11.3 Å². The van der Waals surface area contributed by atoms with Crippen LogP contribution < -0.4 is 5.32 Å². The third kappa shape index (κ3) is 3.48. The van der Waals surface area contributed by atoms with Gasteiger partial charge in [-0.05, 0) is 37.1 Å². The minimum atomic E-state index is -4.61. The summed E-state index contributed by atoms with van der Waals surface area (Å²) in [6.45, 7) is 3.24. The van der Waals surface area contributed by atoms with Crippen LogP contribution in [0.1, 0.15) is 33.5 Å². The Morgan fingerprint density at radius 1 is 1.31 bits per heavy atom. The van der Waals surface area contributed by atoms with Gasteiger partial charge >= 0.3 is 6.18 Å². The number of amides is 1. The normalized spacial score (nSPS) is 11.6. The number of aromatic nitrogens is 2. The lowest BCUT2D eigenvalue weighted by Gasteiger charge is -2.07. The second kappa shape index (κ2) is 6.91. The van der Waals surface area contributed by atoms with Crippen LogP contribution in [0.5, 0.6) is 0 Å². The van der Waals surface area contributed by atoms with E-state index in [1.54, 1.807) is 30.6 Å². The standard InChI is InChI=1S/C17H14F3N3O2S/c1-3-10-8-21-7-6-11(10)22-16(24)13-5-4-12(26-13)14-9(2)15(25-23-14)17(18,19)20/h4-8H,3H2,1-2H3,(H,21,22,24). The molecule has 0 aliphatic heterocycles. The third-order valence-electron chi connectivity index (χ3n) is 3.78. The lowest BCUT2D eigenvalue weighted by Crippen LogP contribution is -2.11. The summed E-state index contributed by atoms with van der Waals surface area (Å²) in [5, 5.41) is 6.31. The van der Waals surface area contributed by atoms with Gasteiger partial charge in [0.25, 0.3) is 5.91 Å². The monoisotopic (exact) mass is 381 g/mol. The zero-order valence-electron chi connectivity index (χ0n) is 13.8. The van der Waals surface area contributed by atoms with E-state index in [0.29, 0.717) is 21.9 Å². The van der Waals surface area contributed by atoms with Crippen LogP contribution in [0, 0.1) is 6.92 Å². The highest BCUT2D eigenvalue weighted by Crippen LogP contribution is 2.38. The molecule has 0 aliphatic rings. The van der Waals surface area contributed by atoms with Crippen molar-refractivity contribution in [1.29, 1.82) is 0 Å². The van der Waals surface area contributed by atoms with Gasteiger partial charge in [-0.3, -0.25) is 9.78 Å². The van der Waals surface area contributed by atoms with Gasteiger partial charge in [-0.15, -0.1) is 11.3 Å². The Labute approximate surface area is 150 Å². The van der Waals surface area contributed by atoms with Crippen molar-refractivity contribution in [1.82, 2.24) is 10.1 Å². The van der Waals surface area contributed by atoms with Gasteiger partial charge in [0, 0.05) is 23.6 Å². The number of hydrogen-bond acceptors (Lipinski definition) is 5. The van der Waals surface area contributed by atoms with Crippen LogP contribution in [0.2, 0.25) is 0 Å². The Morgan fingerprint density at radius 2 is 2.08 bits per heavy atom. The van der Waals surface area contributed by atoms with Crippen molar-refractivity contribution in [3.63, 3.8) is 0 Å². The maximum atomic E-state index is 12.8. The number of aryl methyl sites for hydroxylation is 1. The molecular formula is C17H14F3N3O2S. The summed E-state index contributed by atoms with van der Waals surface area (Å²) >= 11 is 1.05. The van der Waals surface area contributed by atoms with Gasteiger partial charge in [-0.1, -0.05) is 12.1 Å². The van der Waals surface area contributed by atoms with E-state index in [1.165, 1.54) is 6.92 Å². The minimum absolute atomic E-state index is 0.0829. The molecule has 3 heterocycles. The number of halogens is 3. The van der Waals surface area contributed by atoms with E-state index in [0.717, 1.165) is 16.9 Å². The molecule has 5 nitrogen and oxygen atoms in total. The van der Waals surface area contributed by atoms with Crippen LogP contribution in [0.15, 0.2) is 35.1 Å². The highest BCUT2D eigenvalue weighted by molar-refractivity contribution is 7.17. The van der Waals surface area contributed by atoms with Crippen LogP contribution in [-0.4, -0.2) is 16.0 Å². The Bertz CT molecular complexity index is 947. The van der Waals surface area contributed by atoms with E-state index in [4.69, 9.17) is 0 Å². The Kier molecular flexibility index (Phi) is 4.82. The molecule has 0 aliphatic carbocycles. The van der Waals surface area contributed by atoms with Gasteiger partial charge in [0.15, 0.2) is 0 Å². The number of nitrogens with one attached hydrogen (secondary N) is 1. The molecule has 0 spiro atoms. The van der Waals surface area contributed by atoms with Crippen molar-refractivity contribution < 1.29 is 22.5 Å². The minimum Gasteiger partial charge on any atom is -0.351 e. The Morgan fingerprint density at radius 3 is 2.73 bits per heavy atom. The zero-order valence-corrected chi connectivity index (χ0v) is 14.7.